The molecule has 2 N–H and O–H groups in total. The molecule has 1 aromatic carbocycles. The highest BCUT2D eigenvalue weighted by Gasteiger charge is 2.10. The first-order chi connectivity index (χ1) is 9.58. The van der Waals surface area contributed by atoms with E-state index in [1.807, 2.05) is 18.2 Å². The fraction of sp³-hybridized carbons (Fsp3) is 0.267. The second kappa shape index (κ2) is 7.07. The molecule has 0 radical (unpaired) electrons. The molecule has 3 nitrogen and oxygen atoms in total. The Morgan fingerprint density at radius 3 is 2.85 bits per heavy atom. The van der Waals surface area contributed by atoms with Gasteiger partial charge in [0.1, 0.15) is 11.5 Å². The molecular weight excluding hydrogens is 340 g/mol. The molecule has 0 saturated carbocycles. The molecule has 20 heavy (non-hydrogen) atoms. The van der Waals surface area contributed by atoms with Crippen molar-refractivity contribution in [1.29, 1.82) is 0 Å². The third kappa shape index (κ3) is 4.20. The highest BCUT2D eigenvalue weighted by atomic mass is 79.9. The first-order valence-corrected chi connectivity index (χ1v) is 7.58. The quantitative estimate of drug-likeness (QED) is 0.854. The largest absolute Gasteiger partial charge is 0.455 e. The molecular formula is C15H16BrClN2O. The first-order valence-electron chi connectivity index (χ1n) is 6.41. The molecule has 0 fully saturated rings. The number of hydrogen-bond acceptors (Lipinski definition) is 3. The molecule has 2 aromatic rings. The van der Waals surface area contributed by atoms with Gasteiger partial charge in [-0.2, -0.15) is 0 Å². The van der Waals surface area contributed by atoms with Crippen molar-refractivity contribution in [2.45, 2.75) is 25.8 Å². The lowest BCUT2D eigenvalue weighted by atomic mass is 10.0. The van der Waals surface area contributed by atoms with Gasteiger partial charge in [-0.05, 0) is 36.6 Å². The van der Waals surface area contributed by atoms with Gasteiger partial charge in [0, 0.05) is 22.8 Å². The molecule has 2 rings (SSSR count). The van der Waals surface area contributed by atoms with Crippen LogP contribution in [-0.2, 0) is 6.42 Å². The van der Waals surface area contributed by atoms with Gasteiger partial charge in [-0.3, -0.25) is 4.98 Å². The molecule has 0 spiro atoms. The van der Waals surface area contributed by atoms with Crippen molar-refractivity contribution in [3.05, 3.63) is 51.7 Å². The molecule has 1 aromatic heterocycles. The Morgan fingerprint density at radius 2 is 2.15 bits per heavy atom. The number of pyridine rings is 1. The molecule has 0 aliphatic rings. The normalized spacial score (nSPS) is 12.2. The zero-order valence-electron chi connectivity index (χ0n) is 11.1. The van der Waals surface area contributed by atoms with Crippen LogP contribution in [-0.4, -0.2) is 11.0 Å². The molecule has 1 heterocycles. The van der Waals surface area contributed by atoms with Crippen LogP contribution >= 0.6 is 27.5 Å². The van der Waals surface area contributed by atoms with Crippen molar-refractivity contribution in [2.75, 3.05) is 0 Å². The Morgan fingerprint density at radius 1 is 1.35 bits per heavy atom. The number of rotatable bonds is 5. The third-order valence-electron chi connectivity index (χ3n) is 2.94. The summed E-state index contributed by atoms with van der Waals surface area (Å²) in [6, 6.07) is 7.74. The Hall–Kier alpha value is -1.10. The number of nitrogens with two attached hydrogens (primary N) is 1. The van der Waals surface area contributed by atoms with Gasteiger partial charge in [0.15, 0.2) is 0 Å². The lowest BCUT2D eigenvalue weighted by Crippen LogP contribution is -2.21. The van der Waals surface area contributed by atoms with Crippen LogP contribution in [0.15, 0.2) is 41.1 Å². The Kier molecular flexibility index (Phi) is 5.40. The van der Waals surface area contributed by atoms with Crippen molar-refractivity contribution in [3.63, 3.8) is 0 Å². The molecule has 1 unspecified atom stereocenters. The summed E-state index contributed by atoms with van der Waals surface area (Å²) in [4.78, 5) is 4.01. The maximum Gasteiger partial charge on any atom is 0.147 e. The van der Waals surface area contributed by atoms with Gasteiger partial charge in [-0.1, -0.05) is 34.5 Å². The minimum absolute atomic E-state index is 0.115. The second-order valence-corrected chi connectivity index (χ2v) is 5.92. The van der Waals surface area contributed by atoms with E-state index in [1.54, 1.807) is 18.5 Å². The molecule has 0 saturated heterocycles. The van der Waals surface area contributed by atoms with Crippen molar-refractivity contribution in [2.24, 2.45) is 5.73 Å². The van der Waals surface area contributed by atoms with E-state index < -0.39 is 0 Å². The molecule has 1 atom stereocenters. The van der Waals surface area contributed by atoms with E-state index in [2.05, 4.69) is 27.8 Å². The number of halogens is 2. The number of hydrogen-bond donors (Lipinski definition) is 1. The maximum absolute atomic E-state index is 6.04. The Balaban J connectivity index is 2.26. The van der Waals surface area contributed by atoms with E-state index in [9.17, 15) is 0 Å². The van der Waals surface area contributed by atoms with E-state index in [4.69, 9.17) is 22.1 Å². The lowest BCUT2D eigenvalue weighted by Gasteiger charge is -2.14. The monoisotopic (exact) mass is 354 g/mol. The summed E-state index contributed by atoms with van der Waals surface area (Å²) in [6.07, 6.45) is 4.89. The zero-order chi connectivity index (χ0) is 14.5. The fourth-order valence-corrected chi connectivity index (χ4v) is 2.38. The van der Waals surface area contributed by atoms with Gasteiger partial charge in [0.05, 0.1) is 11.2 Å². The van der Waals surface area contributed by atoms with Gasteiger partial charge in [-0.15, -0.1) is 0 Å². The van der Waals surface area contributed by atoms with Crippen LogP contribution in [0.5, 0.6) is 11.5 Å². The predicted molar refractivity (Wildman–Crippen MR) is 85.4 cm³/mol. The summed E-state index contributed by atoms with van der Waals surface area (Å²) in [5.41, 5.74) is 7.10. The number of ether oxygens (including phenoxy) is 1. The summed E-state index contributed by atoms with van der Waals surface area (Å²) in [5.74, 6) is 1.40. The summed E-state index contributed by atoms with van der Waals surface area (Å²) >= 11 is 9.39. The van der Waals surface area contributed by atoms with Crippen LogP contribution in [0, 0.1) is 0 Å². The number of benzene rings is 1. The van der Waals surface area contributed by atoms with Crippen LogP contribution < -0.4 is 10.5 Å². The summed E-state index contributed by atoms with van der Waals surface area (Å²) in [6.45, 7) is 2.07. The summed E-state index contributed by atoms with van der Waals surface area (Å²) < 4.78 is 6.87. The molecule has 0 bridgehead atoms. The van der Waals surface area contributed by atoms with Crippen LogP contribution in [0.2, 0.25) is 5.02 Å². The highest BCUT2D eigenvalue weighted by Crippen LogP contribution is 2.29. The Labute approximate surface area is 132 Å². The van der Waals surface area contributed by atoms with Gasteiger partial charge >= 0.3 is 0 Å². The molecule has 5 heteroatoms. The van der Waals surface area contributed by atoms with E-state index in [1.165, 1.54) is 0 Å². The minimum Gasteiger partial charge on any atom is -0.455 e. The predicted octanol–water partition coefficient (Wildman–Crippen LogP) is 4.57. The summed E-state index contributed by atoms with van der Waals surface area (Å²) in [7, 11) is 0. The van der Waals surface area contributed by atoms with Crippen molar-refractivity contribution in [3.8, 4) is 11.5 Å². The SMILES string of the molecule is CCC(N)Cc1cc(Br)ccc1Oc1cncc(Cl)c1. The number of aromatic nitrogens is 1. The topological polar surface area (TPSA) is 48.1 Å². The minimum atomic E-state index is 0.115. The van der Waals surface area contributed by atoms with Gasteiger partial charge < -0.3 is 10.5 Å². The van der Waals surface area contributed by atoms with E-state index >= 15 is 0 Å². The van der Waals surface area contributed by atoms with Crippen LogP contribution in [0.3, 0.4) is 0 Å². The maximum atomic E-state index is 6.04. The van der Waals surface area contributed by atoms with Crippen LogP contribution in [0.25, 0.3) is 0 Å². The van der Waals surface area contributed by atoms with Crippen LogP contribution in [0.4, 0.5) is 0 Å². The number of nitrogens with zero attached hydrogens (tertiary/aromatic N) is 1. The molecule has 0 aliphatic heterocycles. The molecule has 106 valence electrons. The Bertz CT molecular complexity index is 592. The van der Waals surface area contributed by atoms with Crippen molar-refractivity contribution >= 4 is 27.5 Å². The smallest absolute Gasteiger partial charge is 0.147 e. The highest BCUT2D eigenvalue weighted by molar-refractivity contribution is 9.10. The van der Waals surface area contributed by atoms with Crippen LogP contribution in [0.1, 0.15) is 18.9 Å². The van der Waals surface area contributed by atoms with Gasteiger partial charge in [0.2, 0.25) is 0 Å². The third-order valence-corrected chi connectivity index (χ3v) is 3.64. The average Bonchev–Trinajstić information content (AvgIpc) is 2.42. The van der Waals surface area contributed by atoms with Gasteiger partial charge in [-0.25, -0.2) is 0 Å². The van der Waals surface area contributed by atoms with E-state index in [0.29, 0.717) is 10.8 Å². The van der Waals surface area contributed by atoms with Gasteiger partial charge in [0.25, 0.3) is 0 Å². The second-order valence-electron chi connectivity index (χ2n) is 4.57. The fourth-order valence-electron chi connectivity index (χ4n) is 1.81. The van der Waals surface area contributed by atoms with E-state index in [0.717, 1.165) is 28.6 Å². The van der Waals surface area contributed by atoms with Crippen molar-refractivity contribution < 1.29 is 4.74 Å². The van der Waals surface area contributed by atoms with Crippen molar-refractivity contribution in [1.82, 2.24) is 4.98 Å². The molecule has 0 amide bonds. The molecule has 0 aliphatic carbocycles. The average molecular weight is 356 g/mol. The summed E-state index contributed by atoms with van der Waals surface area (Å²) in [5, 5.41) is 0.548. The lowest BCUT2D eigenvalue weighted by molar-refractivity contribution is 0.470. The standard InChI is InChI=1S/C15H16BrClN2O/c1-2-13(18)6-10-5-11(16)3-4-15(10)20-14-7-12(17)8-19-9-14/h3-5,7-9,13H,2,6,18H2,1H3. The van der Waals surface area contributed by atoms with E-state index in [-0.39, 0.29) is 6.04 Å². The zero-order valence-corrected chi connectivity index (χ0v) is 13.5. The first kappa shape index (κ1) is 15.3.